The predicted octanol–water partition coefficient (Wildman–Crippen LogP) is 2.65. The highest BCUT2D eigenvalue weighted by molar-refractivity contribution is 7.92. The van der Waals surface area contributed by atoms with Gasteiger partial charge in [0, 0.05) is 36.9 Å². The summed E-state index contributed by atoms with van der Waals surface area (Å²) in [6.45, 7) is 0. The van der Waals surface area contributed by atoms with Crippen molar-refractivity contribution >= 4 is 38.3 Å². The molecule has 166 valence electrons. The number of hydrogen-bond acceptors (Lipinski definition) is 8. The Kier molecular flexibility index (Phi) is 4.90. The van der Waals surface area contributed by atoms with Crippen molar-refractivity contribution in [1.29, 1.82) is 0 Å². The summed E-state index contributed by atoms with van der Waals surface area (Å²) in [6.07, 6.45) is 4.86. The third kappa shape index (κ3) is 4.06. The van der Waals surface area contributed by atoms with Gasteiger partial charge in [0.25, 0.3) is 10.0 Å². The van der Waals surface area contributed by atoms with Crippen molar-refractivity contribution in [3.63, 3.8) is 0 Å². The molecule has 0 atom stereocenters. The van der Waals surface area contributed by atoms with Gasteiger partial charge < -0.3 is 9.73 Å². The van der Waals surface area contributed by atoms with Crippen molar-refractivity contribution in [2.75, 3.05) is 10.0 Å². The second-order valence-corrected chi connectivity index (χ2v) is 8.76. The van der Waals surface area contributed by atoms with Crippen LogP contribution in [-0.2, 0) is 17.1 Å². The van der Waals surface area contributed by atoms with Crippen LogP contribution in [-0.4, -0.2) is 32.7 Å². The molecule has 0 bridgehead atoms. The lowest BCUT2D eigenvalue weighted by Gasteiger charge is -2.10. The Balaban J connectivity index is 1.33. The highest BCUT2D eigenvalue weighted by atomic mass is 32.2. The number of fused-ring (bicyclic) bond motifs is 1. The van der Waals surface area contributed by atoms with Crippen LogP contribution in [0.25, 0.3) is 16.9 Å². The minimum Gasteiger partial charge on any atom is -0.408 e. The number of aryl methyl sites for hydroxylation is 1. The van der Waals surface area contributed by atoms with Gasteiger partial charge in [0.1, 0.15) is 12.1 Å². The zero-order valence-corrected chi connectivity index (χ0v) is 18.0. The van der Waals surface area contributed by atoms with E-state index in [-0.39, 0.29) is 4.90 Å². The first-order valence-corrected chi connectivity index (χ1v) is 11.2. The number of sulfonamides is 1. The Labute approximate surface area is 187 Å². The molecule has 11 nitrogen and oxygen atoms in total. The number of nitrogens with one attached hydrogen (secondary N) is 2. The van der Waals surface area contributed by atoms with E-state index in [1.54, 1.807) is 53.5 Å². The summed E-state index contributed by atoms with van der Waals surface area (Å²) < 4.78 is 36.1. The fourth-order valence-electron chi connectivity index (χ4n) is 3.20. The Morgan fingerprint density at radius 2 is 1.79 bits per heavy atom. The largest absolute Gasteiger partial charge is 0.419 e. The zero-order chi connectivity index (χ0) is 23.0. The first-order valence-electron chi connectivity index (χ1n) is 9.71. The molecular formula is C21H17N7O4S. The van der Waals surface area contributed by atoms with Gasteiger partial charge in [-0.05, 0) is 48.5 Å². The molecule has 0 fully saturated rings. The van der Waals surface area contributed by atoms with Gasteiger partial charge in [-0.2, -0.15) is 5.10 Å². The van der Waals surface area contributed by atoms with E-state index in [0.29, 0.717) is 34.1 Å². The van der Waals surface area contributed by atoms with Gasteiger partial charge in [0.2, 0.25) is 0 Å². The number of oxazole rings is 1. The average molecular weight is 463 g/mol. The van der Waals surface area contributed by atoms with Crippen molar-refractivity contribution in [3.05, 3.63) is 83.9 Å². The molecule has 0 amide bonds. The molecule has 0 saturated carbocycles. The molecule has 0 aliphatic rings. The second-order valence-electron chi connectivity index (χ2n) is 7.08. The van der Waals surface area contributed by atoms with E-state index in [0.717, 1.165) is 0 Å². The van der Waals surface area contributed by atoms with Crippen molar-refractivity contribution in [3.8, 4) is 5.82 Å². The van der Waals surface area contributed by atoms with Crippen molar-refractivity contribution < 1.29 is 12.8 Å². The second kappa shape index (κ2) is 7.91. The lowest BCUT2D eigenvalue weighted by Crippen LogP contribution is -2.13. The quantitative estimate of drug-likeness (QED) is 0.392. The Hall–Kier alpha value is -4.45. The highest BCUT2D eigenvalue weighted by Gasteiger charge is 2.17. The van der Waals surface area contributed by atoms with Crippen LogP contribution in [0, 0.1) is 0 Å². The number of anilines is 3. The summed E-state index contributed by atoms with van der Waals surface area (Å²) in [5.41, 5.74) is 1.79. The molecule has 2 N–H and O–H groups in total. The molecule has 0 aliphatic carbocycles. The van der Waals surface area contributed by atoms with Crippen molar-refractivity contribution in [2.24, 2.45) is 7.05 Å². The summed E-state index contributed by atoms with van der Waals surface area (Å²) in [7, 11) is -2.36. The van der Waals surface area contributed by atoms with E-state index in [2.05, 4.69) is 25.1 Å². The maximum Gasteiger partial charge on any atom is 0.419 e. The molecule has 33 heavy (non-hydrogen) atoms. The van der Waals surface area contributed by atoms with Crippen molar-refractivity contribution in [2.45, 2.75) is 4.90 Å². The number of nitrogens with zero attached hydrogens (tertiary/aromatic N) is 5. The number of benzene rings is 2. The standard InChI is InChI=1S/C21H17N7O4S/c1-27-17-11-16(7-8-18(17)32-21(27)29)33(30,31)26-15-5-3-14(4-6-15)25-19-12-20(23-13-22-19)28-10-2-9-24-28/h2-13,26H,1H3,(H,22,23,25). The van der Waals surface area contributed by atoms with Crippen LogP contribution in [0.4, 0.5) is 17.2 Å². The summed E-state index contributed by atoms with van der Waals surface area (Å²) in [5.74, 6) is 0.604. The molecule has 0 unspecified atom stereocenters. The van der Waals surface area contributed by atoms with Crippen LogP contribution >= 0.6 is 0 Å². The third-order valence-electron chi connectivity index (χ3n) is 4.87. The maximum absolute atomic E-state index is 12.8. The fraction of sp³-hybridized carbons (Fsp3) is 0.0476. The van der Waals surface area contributed by atoms with Gasteiger partial charge in [-0.25, -0.2) is 27.9 Å². The van der Waals surface area contributed by atoms with E-state index in [4.69, 9.17) is 4.42 Å². The van der Waals surface area contributed by atoms with Gasteiger partial charge in [0.15, 0.2) is 11.4 Å². The van der Waals surface area contributed by atoms with E-state index < -0.39 is 15.8 Å². The van der Waals surface area contributed by atoms with Gasteiger partial charge in [-0.3, -0.25) is 9.29 Å². The van der Waals surface area contributed by atoms with Gasteiger partial charge >= 0.3 is 5.76 Å². The highest BCUT2D eigenvalue weighted by Crippen LogP contribution is 2.23. The topological polar surface area (TPSA) is 137 Å². The zero-order valence-electron chi connectivity index (χ0n) is 17.2. The Morgan fingerprint density at radius 3 is 2.55 bits per heavy atom. The molecule has 5 rings (SSSR count). The molecule has 12 heteroatoms. The van der Waals surface area contributed by atoms with Crippen molar-refractivity contribution in [1.82, 2.24) is 24.3 Å². The molecule has 3 heterocycles. The minimum atomic E-state index is -3.87. The van der Waals surface area contributed by atoms with Crippen LogP contribution < -0.4 is 15.8 Å². The van der Waals surface area contributed by atoms with Gasteiger partial charge in [0.05, 0.1) is 10.4 Å². The number of aromatic nitrogens is 5. The molecular weight excluding hydrogens is 446 g/mol. The van der Waals surface area contributed by atoms with Crippen LogP contribution in [0.15, 0.2) is 87.4 Å². The Bertz CT molecular complexity index is 1600. The molecule has 0 aliphatic heterocycles. The average Bonchev–Trinajstić information content (AvgIpc) is 3.44. The molecule has 0 saturated heterocycles. The fourth-order valence-corrected chi connectivity index (χ4v) is 4.28. The smallest absolute Gasteiger partial charge is 0.408 e. The van der Waals surface area contributed by atoms with E-state index in [1.807, 2.05) is 0 Å². The minimum absolute atomic E-state index is 0.0146. The molecule has 5 aromatic rings. The monoisotopic (exact) mass is 463 g/mol. The lowest BCUT2D eigenvalue weighted by molar-refractivity contribution is 0.528. The van der Waals surface area contributed by atoms with Gasteiger partial charge in [-0.15, -0.1) is 0 Å². The normalized spacial score (nSPS) is 11.5. The number of rotatable bonds is 6. The summed E-state index contributed by atoms with van der Waals surface area (Å²) in [4.78, 5) is 20.0. The molecule has 0 spiro atoms. The van der Waals surface area contributed by atoms with Crippen LogP contribution in [0.5, 0.6) is 0 Å². The Morgan fingerprint density at radius 1 is 1.00 bits per heavy atom. The van der Waals surface area contributed by atoms with Gasteiger partial charge in [-0.1, -0.05) is 0 Å². The molecule has 3 aromatic heterocycles. The summed E-state index contributed by atoms with van der Waals surface area (Å²) in [5, 5.41) is 7.28. The maximum atomic E-state index is 12.8. The summed E-state index contributed by atoms with van der Waals surface area (Å²) in [6, 6.07) is 14.5. The first kappa shape index (κ1) is 20.5. The van der Waals surface area contributed by atoms with Crippen LogP contribution in [0.2, 0.25) is 0 Å². The van der Waals surface area contributed by atoms with Crippen LogP contribution in [0.3, 0.4) is 0 Å². The first-order chi connectivity index (χ1) is 15.9. The third-order valence-corrected chi connectivity index (χ3v) is 6.25. The molecule has 2 aromatic carbocycles. The number of hydrogen-bond donors (Lipinski definition) is 2. The summed E-state index contributed by atoms with van der Waals surface area (Å²) >= 11 is 0. The lowest BCUT2D eigenvalue weighted by atomic mass is 10.3. The van der Waals surface area contributed by atoms with E-state index in [9.17, 15) is 13.2 Å². The van der Waals surface area contributed by atoms with E-state index in [1.165, 1.54) is 36.1 Å². The van der Waals surface area contributed by atoms with Crippen LogP contribution in [0.1, 0.15) is 0 Å². The SMILES string of the molecule is Cn1c(=O)oc2ccc(S(=O)(=O)Nc3ccc(Nc4cc(-n5cccn5)ncn4)cc3)cc21. The van der Waals surface area contributed by atoms with E-state index >= 15 is 0 Å². The molecule has 0 radical (unpaired) electrons. The predicted molar refractivity (Wildman–Crippen MR) is 121 cm³/mol.